The maximum atomic E-state index is 12.8. The summed E-state index contributed by atoms with van der Waals surface area (Å²) in [4.78, 5) is 51.4. The summed E-state index contributed by atoms with van der Waals surface area (Å²) in [6.07, 6.45) is 4.93. The number of benzene rings is 1. The zero-order chi connectivity index (χ0) is 25.2. The largest absolute Gasteiger partial charge is 0.497 e. The number of aliphatic carboxylic acids is 1. The lowest BCUT2D eigenvalue weighted by Crippen LogP contribution is -2.51. The van der Waals surface area contributed by atoms with Crippen molar-refractivity contribution in [2.75, 3.05) is 39.8 Å². The highest BCUT2D eigenvalue weighted by molar-refractivity contribution is 5.97. The Morgan fingerprint density at radius 1 is 1.20 bits per heavy atom. The van der Waals surface area contributed by atoms with Gasteiger partial charge in [-0.25, -0.2) is 4.79 Å². The lowest BCUT2D eigenvalue weighted by molar-refractivity contribution is -0.139. The second-order valence-corrected chi connectivity index (χ2v) is 9.25. The third-order valence-electron chi connectivity index (χ3n) is 6.79. The predicted octanol–water partition coefficient (Wildman–Crippen LogP) is 1.01. The fourth-order valence-electron chi connectivity index (χ4n) is 4.63. The molecular weight excluding hydrogens is 452 g/mol. The molecule has 0 radical (unpaired) electrons. The normalized spacial score (nSPS) is 19.5. The number of carboxylic acids is 1. The van der Waals surface area contributed by atoms with Gasteiger partial charge in [0.25, 0.3) is 5.91 Å². The number of rotatable bonds is 10. The van der Waals surface area contributed by atoms with E-state index in [1.807, 2.05) is 0 Å². The molecule has 35 heavy (non-hydrogen) atoms. The van der Waals surface area contributed by atoms with Crippen molar-refractivity contribution >= 4 is 23.7 Å². The van der Waals surface area contributed by atoms with Crippen LogP contribution in [0.4, 0.5) is 0 Å². The minimum absolute atomic E-state index is 0.0787. The Morgan fingerprint density at radius 2 is 1.97 bits per heavy atom. The molecule has 1 aromatic rings. The van der Waals surface area contributed by atoms with E-state index in [0.29, 0.717) is 37.6 Å². The van der Waals surface area contributed by atoms with Crippen molar-refractivity contribution in [1.29, 1.82) is 0 Å². The predicted molar refractivity (Wildman–Crippen MR) is 129 cm³/mol. The molecular formula is C25H36N4O6. The number of ether oxygens (including phenoxy) is 1. The number of amides is 3. The van der Waals surface area contributed by atoms with Crippen molar-refractivity contribution in [3.8, 4) is 5.75 Å². The third kappa shape index (κ3) is 7.95. The van der Waals surface area contributed by atoms with Crippen molar-refractivity contribution in [3.05, 3.63) is 29.8 Å². The van der Waals surface area contributed by atoms with Crippen LogP contribution in [0, 0.1) is 11.8 Å². The minimum Gasteiger partial charge on any atom is -0.497 e. The highest BCUT2D eigenvalue weighted by Gasteiger charge is 2.30. The maximum Gasteiger partial charge on any atom is 0.328 e. The minimum atomic E-state index is -1.29. The molecule has 2 aliphatic heterocycles. The number of carbonyl (C=O) groups is 4. The van der Waals surface area contributed by atoms with Gasteiger partial charge in [0.05, 0.1) is 13.0 Å². The van der Waals surface area contributed by atoms with Gasteiger partial charge >= 0.3 is 5.97 Å². The van der Waals surface area contributed by atoms with E-state index in [0.717, 1.165) is 38.8 Å². The fraction of sp³-hybridized carbons (Fsp3) is 0.600. The number of likely N-dealkylation sites (tertiary alicyclic amines) is 1. The maximum absolute atomic E-state index is 12.8. The Labute approximate surface area is 205 Å². The first-order valence-corrected chi connectivity index (χ1v) is 12.3. The van der Waals surface area contributed by atoms with Gasteiger partial charge < -0.3 is 30.7 Å². The lowest BCUT2D eigenvalue weighted by Gasteiger charge is -2.33. The summed E-state index contributed by atoms with van der Waals surface area (Å²) < 4.78 is 5.09. The number of nitrogens with zero attached hydrogens (tertiary/aromatic N) is 1. The summed E-state index contributed by atoms with van der Waals surface area (Å²) >= 11 is 0. The van der Waals surface area contributed by atoms with Gasteiger partial charge in [-0.05, 0) is 69.3 Å². The molecule has 10 heteroatoms. The zero-order valence-electron chi connectivity index (χ0n) is 20.3. The fourth-order valence-corrected chi connectivity index (χ4v) is 4.63. The summed E-state index contributed by atoms with van der Waals surface area (Å²) in [7, 11) is 1.47. The molecule has 2 heterocycles. The van der Waals surface area contributed by atoms with Crippen LogP contribution in [-0.2, 0) is 14.4 Å². The van der Waals surface area contributed by atoms with Gasteiger partial charge in [-0.15, -0.1) is 0 Å². The number of carboxylic acid groups (broad SMARTS) is 1. The van der Waals surface area contributed by atoms with Gasteiger partial charge in [-0.3, -0.25) is 14.4 Å². The molecule has 3 amide bonds. The molecule has 0 spiro atoms. The molecule has 0 unspecified atom stereocenters. The van der Waals surface area contributed by atoms with Gasteiger partial charge in [0.15, 0.2) is 0 Å². The van der Waals surface area contributed by atoms with Crippen LogP contribution >= 0.6 is 0 Å². The Morgan fingerprint density at radius 3 is 2.69 bits per heavy atom. The standard InChI is InChI=1S/C25H36N4O6/c1-35-20-6-2-4-18(14-20)24(32)28-21(25(33)34)15-27-23(31)19-5-3-13-29(16-19)22(30)8-7-17-9-11-26-12-10-17/h2,4,6,14,17,19,21,26H,3,5,7-13,15-16H2,1H3,(H,27,31)(H,28,32)(H,33,34)/t19-,21-/m1/s1. The Kier molecular flexibility index (Phi) is 9.89. The highest BCUT2D eigenvalue weighted by Crippen LogP contribution is 2.21. The van der Waals surface area contributed by atoms with Gasteiger partial charge in [-0.2, -0.15) is 0 Å². The first-order chi connectivity index (χ1) is 16.9. The van der Waals surface area contributed by atoms with E-state index in [4.69, 9.17) is 4.74 Å². The van der Waals surface area contributed by atoms with Crippen molar-refractivity contribution < 1.29 is 29.0 Å². The molecule has 1 aromatic carbocycles. The molecule has 0 bridgehead atoms. The molecule has 0 aromatic heterocycles. The monoisotopic (exact) mass is 488 g/mol. The topological polar surface area (TPSA) is 137 Å². The van der Waals surface area contributed by atoms with E-state index in [1.165, 1.54) is 13.2 Å². The van der Waals surface area contributed by atoms with Crippen LogP contribution in [0.3, 0.4) is 0 Å². The van der Waals surface area contributed by atoms with Crippen molar-refractivity contribution in [2.24, 2.45) is 11.8 Å². The lowest BCUT2D eigenvalue weighted by atomic mass is 9.92. The van der Waals surface area contributed by atoms with Crippen LogP contribution in [0.15, 0.2) is 24.3 Å². The molecule has 10 nitrogen and oxygen atoms in total. The first-order valence-electron chi connectivity index (χ1n) is 12.3. The van der Waals surface area contributed by atoms with E-state index < -0.39 is 23.8 Å². The number of nitrogens with one attached hydrogen (secondary N) is 3. The van der Waals surface area contributed by atoms with E-state index in [2.05, 4.69) is 16.0 Å². The average molecular weight is 489 g/mol. The molecule has 2 aliphatic rings. The summed E-state index contributed by atoms with van der Waals surface area (Å²) in [5.74, 6) is -1.39. The second kappa shape index (κ2) is 13.1. The van der Waals surface area contributed by atoms with E-state index in [1.54, 1.807) is 23.1 Å². The third-order valence-corrected chi connectivity index (χ3v) is 6.79. The van der Waals surface area contributed by atoms with Gasteiger partial charge in [0, 0.05) is 31.6 Å². The van der Waals surface area contributed by atoms with Crippen LogP contribution in [0.1, 0.15) is 48.9 Å². The number of methoxy groups -OCH3 is 1. The number of hydrogen-bond donors (Lipinski definition) is 4. The van der Waals surface area contributed by atoms with E-state index >= 15 is 0 Å². The van der Waals surface area contributed by atoms with Crippen LogP contribution in [0.25, 0.3) is 0 Å². The SMILES string of the molecule is COc1cccc(C(=O)N[C@H](CNC(=O)[C@@H]2CCCN(C(=O)CCC3CCNCC3)C2)C(=O)O)c1. The van der Waals surface area contributed by atoms with Crippen molar-refractivity contribution in [2.45, 2.75) is 44.6 Å². The van der Waals surface area contributed by atoms with Crippen LogP contribution in [-0.4, -0.2) is 79.6 Å². The van der Waals surface area contributed by atoms with Crippen LogP contribution < -0.4 is 20.7 Å². The summed E-state index contributed by atoms with van der Waals surface area (Å²) in [6.45, 7) is 2.74. The van der Waals surface area contributed by atoms with E-state index in [9.17, 15) is 24.3 Å². The molecule has 2 atom stereocenters. The molecule has 2 saturated heterocycles. The summed E-state index contributed by atoms with van der Waals surface area (Å²) in [6, 6.07) is 5.08. The molecule has 0 saturated carbocycles. The van der Waals surface area contributed by atoms with Crippen LogP contribution in [0.5, 0.6) is 5.75 Å². The smallest absolute Gasteiger partial charge is 0.328 e. The number of piperidine rings is 2. The summed E-state index contributed by atoms with van der Waals surface area (Å²) in [5, 5.41) is 17.9. The molecule has 3 rings (SSSR count). The molecule has 192 valence electrons. The Balaban J connectivity index is 1.47. The zero-order valence-corrected chi connectivity index (χ0v) is 20.3. The van der Waals surface area contributed by atoms with E-state index in [-0.39, 0.29) is 23.9 Å². The molecule has 4 N–H and O–H groups in total. The first kappa shape index (κ1) is 26.5. The Hall–Kier alpha value is -3.14. The number of hydrogen-bond acceptors (Lipinski definition) is 6. The van der Waals surface area contributed by atoms with Gasteiger partial charge in [0.2, 0.25) is 11.8 Å². The van der Waals surface area contributed by atoms with Gasteiger partial charge in [-0.1, -0.05) is 6.07 Å². The molecule has 0 aliphatic carbocycles. The average Bonchev–Trinajstić information content (AvgIpc) is 2.89. The summed E-state index contributed by atoms with van der Waals surface area (Å²) in [5.41, 5.74) is 0.257. The van der Waals surface area contributed by atoms with Crippen molar-refractivity contribution in [3.63, 3.8) is 0 Å². The quantitative estimate of drug-likeness (QED) is 0.386. The number of carbonyl (C=O) groups excluding carboxylic acids is 3. The van der Waals surface area contributed by atoms with Gasteiger partial charge in [0.1, 0.15) is 11.8 Å². The second-order valence-electron chi connectivity index (χ2n) is 9.25. The van der Waals surface area contributed by atoms with Crippen LogP contribution in [0.2, 0.25) is 0 Å². The van der Waals surface area contributed by atoms with Crippen molar-refractivity contribution in [1.82, 2.24) is 20.9 Å². The molecule has 2 fully saturated rings. The Bertz CT molecular complexity index is 902. The highest BCUT2D eigenvalue weighted by atomic mass is 16.5.